The van der Waals surface area contributed by atoms with Gasteiger partial charge in [0.05, 0.1) is 18.3 Å². The summed E-state index contributed by atoms with van der Waals surface area (Å²) in [5.41, 5.74) is 0.159. The Kier molecular flexibility index (Phi) is 10.2. The molecular weight excluding hydrogens is 442 g/mol. The molecule has 3 N–H and O–H groups in total. The summed E-state index contributed by atoms with van der Waals surface area (Å²) < 4.78 is 0. The van der Waals surface area contributed by atoms with E-state index in [0.29, 0.717) is 12.3 Å². The number of nitrogens with zero attached hydrogens (tertiary/aromatic N) is 2. The minimum Gasteiger partial charge on any atom is -0.465 e. The van der Waals surface area contributed by atoms with Crippen LogP contribution < -0.4 is 5.32 Å². The molecule has 0 saturated carbocycles. The molecule has 0 radical (unpaired) electrons. The van der Waals surface area contributed by atoms with Crippen LogP contribution in [0, 0.1) is 11.8 Å². The van der Waals surface area contributed by atoms with Gasteiger partial charge in [-0.2, -0.15) is 0 Å². The van der Waals surface area contributed by atoms with Crippen LogP contribution in [0.15, 0.2) is 30.3 Å². The number of amides is 2. The third kappa shape index (κ3) is 7.43. The zero-order valence-electron chi connectivity index (χ0n) is 22.9. The highest BCUT2D eigenvalue weighted by molar-refractivity contribution is 5.85. The molecule has 1 aromatic rings. The summed E-state index contributed by atoms with van der Waals surface area (Å²) >= 11 is 0. The molecule has 0 aromatic heterocycles. The van der Waals surface area contributed by atoms with Gasteiger partial charge in [-0.1, -0.05) is 70.9 Å². The Balaban J connectivity index is 2.37. The summed E-state index contributed by atoms with van der Waals surface area (Å²) in [6.45, 7) is 16.0. The molecule has 1 aromatic carbocycles. The van der Waals surface area contributed by atoms with Gasteiger partial charge in [0.2, 0.25) is 5.91 Å². The molecule has 2 rings (SSSR count). The highest BCUT2D eigenvalue weighted by Gasteiger charge is 2.49. The second-order valence-corrected chi connectivity index (χ2v) is 11.8. The molecule has 1 aliphatic rings. The smallest absolute Gasteiger partial charge is 0.408 e. The van der Waals surface area contributed by atoms with E-state index in [4.69, 9.17) is 0 Å². The van der Waals surface area contributed by atoms with Crippen LogP contribution in [-0.2, 0) is 11.2 Å². The fraction of sp³-hybridized carbons (Fsp3) is 0.714. The monoisotopic (exact) mass is 489 g/mol. The molecule has 7 heteroatoms. The Morgan fingerprint density at radius 1 is 1.09 bits per heavy atom. The predicted octanol–water partition coefficient (Wildman–Crippen LogP) is 4.73. The number of rotatable bonds is 11. The van der Waals surface area contributed by atoms with Gasteiger partial charge in [-0.25, -0.2) is 4.79 Å². The summed E-state index contributed by atoms with van der Waals surface area (Å²) in [6.07, 6.45) is 0.836. The lowest BCUT2D eigenvalue weighted by molar-refractivity contribution is -0.135. The third-order valence-corrected chi connectivity index (χ3v) is 6.96. The Hall–Kier alpha value is -2.12. The molecule has 7 nitrogen and oxygen atoms in total. The zero-order chi connectivity index (χ0) is 26.5. The van der Waals surface area contributed by atoms with Crippen molar-refractivity contribution < 1.29 is 19.8 Å². The SMILES string of the molecule is CC(C)CCC[C@@H](C)N1C(=O)[C@H]([C@@H](O)[C@H](Cc2ccccc2)N(C(=O)O)C(C)(C)C)NC1C(C)C. The molecule has 1 heterocycles. The number of hydrogen-bond donors (Lipinski definition) is 3. The Morgan fingerprint density at radius 2 is 1.69 bits per heavy atom. The summed E-state index contributed by atoms with van der Waals surface area (Å²) in [7, 11) is 0. The first-order valence-electron chi connectivity index (χ1n) is 13.1. The molecular formula is C28H47N3O4. The Bertz CT molecular complexity index is 821. The molecule has 0 bridgehead atoms. The fourth-order valence-corrected chi connectivity index (χ4v) is 5.21. The summed E-state index contributed by atoms with van der Waals surface area (Å²) in [4.78, 5) is 29.3. The fourth-order valence-electron chi connectivity index (χ4n) is 5.21. The standard InChI is InChI=1S/C28H47N3O4/c1-18(2)13-12-14-20(5)30-25(19(3)4)29-23(26(30)33)24(32)22(17-21-15-10-9-11-16-21)31(27(34)35)28(6,7)8/h9-11,15-16,18-20,22-25,29,32H,12-14,17H2,1-8H3,(H,34,35)/t20-,22+,23+,24+,25?/m1/s1. The van der Waals surface area contributed by atoms with Gasteiger partial charge in [0.15, 0.2) is 0 Å². The van der Waals surface area contributed by atoms with Crippen molar-refractivity contribution in [3.8, 4) is 0 Å². The van der Waals surface area contributed by atoms with Crippen LogP contribution in [0.25, 0.3) is 0 Å². The van der Waals surface area contributed by atoms with Crippen molar-refractivity contribution in [3.05, 3.63) is 35.9 Å². The lowest BCUT2D eigenvalue weighted by Gasteiger charge is -2.42. The van der Waals surface area contributed by atoms with Gasteiger partial charge >= 0.3 is 6.09 Å². The maximum atomic E-state index is 13.7. The first-order valence-corrected chi connectivity index (χ1v) is 13.1. The summed E-state index contributed by atoms with van der Waals surface area (Å²) in [5.74, 6) is 0.614. The normalized spacial score (nSPS) is 21.5. The Labute approximate surface area is 211 Å². The van der Waals surface area contributed by atoms with Crippen molar-refractivity contribution in [2.45, 2.75) is 117 Å². The quantitative estimate of drug-likeness (QED) is 0.418. The second kappa shape index (κ2) is 12.2. The average molecular weight is 490 g/mol. The predicted molar refractivity (Wildman–Crippen MR) is 140 cm³/mol. The van der Waals surface area contributed by atoms with E-state index in [1.807, 2.05) is 56.0 Å². The zero-order valence-corrected chi connectivity index (χ0v) is 22.9. The molecule has 35 heavy (non-hydrogen) atoms. The van der Waals surface area contributed by atoms with Crippen LogP contribution in [0.1, 0.15) is 80.2 Å². The highest BCUT2D eigenvalue weighted by atomic mass is 16.4. The summed E-state index contributed by atoms with van der Waals surface area (Å²) in [6, 6.07) is 7.92. The van der Waals surface area contributed by atoms with Crippen LogP contribution in [0.4, 0.5) is 4.79 Å². The molecule has 1 unspecified atom stereocenters. The number of carbonyl (C=O) groups excluding carboxylic acids is 1. The number of aliphatic hydroxyl groups excluding tert-OH is 1. The van der Waals surface area contributed by atoms with Crippen molar-refractivity contribution >= 4 is 12.0 Å². The molecule has 2 amide bonds. The van der Waals surface area contributed by atoms with E-state index in [0.717, 1.165) is 24.8 Å². The summed E-state index contributed by atoms with van der Waals surface area (Å²) in [5, 5.41) is 25.2. The van der Waals surface area contributed by atoms with Crippen LogP contribution in [0.5, 0.6) is 0 Å². The van der Waals surface area contributed by atoms with Gasteiger partial charge < -0.3 is 15.1 Å². The van der Waals surface area contributed by atoms with Crippen molar-refractivity contribution in [1.82, 2.24) is 15.1 Å². The van der Waals surface area contributed by atoms with Gasteiger partial charge in [0.25, 0.3) is 0 Å². The topological polar surface area (TPSA) is 93.1 Å². The number of hydrogen-bond acceptors (Lipinski definition) is 4. The lowest BCUT2D eigenvalue weighted by Crippen LogP contribution is -2.61. The Morgan fingerprint density at radius 3 is 2.17 bits per heavy atom. The maximum absolute atomic E-state index is 13.7. The average Bonchev–Trinajstić information content (AvgIpc) is 3.09. The third-order valence-electron chi connectivity index (χ3n) is 6.96. The van der Waals surface area contributed by atoms with E-state index < -0.39 is 29.8 Å². The molecule has 1 saturated heterocycles. The molecule has 1 aliphatic heterocycles. The van der Waals surface area contributed by atoms with Crippen LogP contribution in [-0.4, -0.2) is 67.9 Å². The van der Waals surface area contributed by atoms with E-state index >= 15 is 0 Å². The van der Waals surface area contributed by atoms with Crippen LogP contribution in [0.3, 0.4) is 0 Å². The largest absolute Gasteiger partial charge is 0.465 e. The van der Waals surface area contributed by atoms with Crippen molar-refractivity contribution in [1.29, 1.82) is 0 Å². The molecule has 198 valence electrons. The van der Waals surface area contributed by atoms with Crippen molar-refractivity contribution in [3.63, 3.8) is 0 Å². The highest BCUT2D eigenvalue weighted by Crippen LogP contribution is 2.29. The van der Waals surface area contributed by atoms with E-state index in [2.05, 4.69) is 39.9 Å². The first-order chi connectivity index (χ1) is 16.3. The van der Waals surface area contributed by atoms with Crippen LogP contribution >= 0.6 is 0 Å². The second-order valence-electron chi connectivity index (χ2n) is 11.8. The van der Waals surface area contributed by atoms with Gasteiger partial charge in [-0.05, 0) is 57.9 Å². The number of carboxylic acid groups (broad SMARTS) is 1. The molecule has 0 spiro atoms. The number of aliphatic hydroxyl groups is 1. The molecule has 0 aliphatic carbocycles. The van der Waals surface area contributed by atoms with E-state index in [1.54, 1.807) is 0 Å². The minimum atomic E-state index is -1.20. The van der Waals surface area contributed by atoms with Crippen molar-refractivity contribution in [2.75, 3.05) is 0 Å². The van der Waals surface area contributed by atoms with Gasteiger partial charge in [0.1, 0.15) is 6.04 Å². The van der Waals surface area contributed by atoms with Crippen molar-refractivity contribution in [2.24, 2.45) is 11.8 Å². The lowest BCUT2D eigenvalue weighted by atomic mass is 9.91. The van der Waals surface area contributed by atoms with Gasteiger partial charge in [-0.3, -0.25) is 15.0 Å². The minimum absolute atomic E-state index is 0.0316. The van der Waals surface area contributed by atoms with E-state index in [-0.39, 0.29) is 24.0 Å². The number of nitrogens with one attached hydrogen (secondary N) is 1. The molecule has 5 atom stereocenters. The number of carbonyl (C=O) groups is 2. The molecule has 1 fully saturated rings. The van der Waals surface area contributed by atoms with Gasteiger partial charge in [-0.15, -0.1) is 0 Å². The van der Waals surface area contributed by atoms with E-state index in [9.17, 15) is 19.8 Å². The maximum Gasteiger partial charge on any atom is 0.408 e. The number of benzene rings is 1. The van der Waals surface area contributed by atoms with E-state index in [1.165, 1.54) is 4.90 Å². The first kappa shape index (κ1) is 29.1. The van der Waals surface area contributed by atoms with Gasteiger partial charge in [0, 0.05) is 11.6 Å². The van der Waals surface area contributed by atoms with Crippen LogP contribution in [0.2, 0.25) is 0 Å².